The van der Waals surface area contributed by atoms with Crippen LogP contribution in [0.3, 0.4) is 0 Å². The second kappa shape index (κ2) is 5.89. The van der Waals surface area contributed by atoms with Crippen LogP contribution in [0.1, 0.15) is 0 Å². The van der Waals surface area contributed by atoms with Crippen molar-refractivity contribution in [2.24, 2.45) is 0 Å². The Hall–Kier alpha value is -3.00. The number of thioether (sulfide) groups is 1. The van der Waals surface area contributed by atoms with Gasteiger partial charge in [0.05, 0.1) is 11.3 Å². The van der Waals surface area contributed by atoms with Crippen LogP contribution in [0.25, 0.3) is 22.2 Å². The lowest BCUT2D eigenvalue weighted by atomic mass is 10.3. The van der Waals surface area contributed by atoms with E-state index in [0.717, 1.165) is 5.52 Å². The third-order valence-electron chi connectivity index (χ3n) is 3.30. The molecule has 2 aromatic carbocycles. The summed E-state index contributed by atoms with van der Waals surface area (Å²) in [6.45, 7) is 0. The molecule has 0 radical (unpaired) electrons. The van der Waals surface area contributed by atoms with Crippen LogP contribution in [0.5, 0.6) is 0 Å². The van der Waals surface area contributed by atoms with Gasteiger partial charge in [0.15, 0.2) is 11.2 Å². The largest absolute Gasteiger partial charge is 0.431 e. The summed E-state index contributed by atoms with van der Waals surface area (Å²) in [5, 5.41) is 3.20. The number of nitrogens with zero attached hydrogens (tertiary/aromatic N) is 1. The van der Waals surface area contributed by atoms with Gasteiger partial charge < -0.3 is 14.2 Å². The van der Waals surface area contributed by atoms with E-state index in [4.69, 9.17) is 8.83 Å². The number of fused-ring (bicyclic) bond motifs is 2. The summed E-state index contributed by atoms with van der Waals surface area (Å²) in [6, 6.07) is 12.4. The molecule has 0 aliphatic carbocycles. The molecule has 0 fully saturated rings. The molecule has 7 nitrogen and oxygen atoms in total. The maximum atomic E-state index is 12.0. The second-order valence-corrected chi connectivity index (χ2v) is 5.94. The predicted octanol–water partition coefficient (Wildman–Crippen LogP) is 2.99. The van der Waals surface area contributed by atoms with Crippen molar-refractivity contribution >= 4 is 45.6 Å². The number of rotatable bonds is 4. The minimum Gasteiger partial charge on any atom is -0.431 e. The number of para-hydroxylation sites is 2. The SMILES string of the molecule is O=C(CSc1nc2ccccc2o1)Nc1ccc2oc(=O)[nH]c2c1. The van der Waals surface area contributed by atoms with E-state index in [2.05, 4.69) is 15.3 Å². The second-order valence-electron chi connectivity index (χ2n) is 5.01. The molecule has 0 saturated carbocycles. The highest BCUT2D eigenvalue weighted by Gasteiger charge is 2.10. The first-order chi connectivity index (χ1) is 11.7. The molecule has 4 aromatic rings. The van der Waals surface area contributed by atoms with Crippen LogP contribution in [-0.2, 0) is 4.79 Å². The number of carbonyl (C=O) groups is 1. The van der Waals surface area contributed by atoms with Gasteiger partial charge in [-0.2, -0.15) is 0 Å². The summed E-state index contributed by atoms with van der Waals surface area (Å²) in [7, 11) is 0. The van der Waals surface area contributed by atoms with E-state index in [1.807, 2.05) is 24.3 Å². The highest BCUT2D eigenvalue weighted by molar-refractivity contribution is 7.99. The van der Waals surface area contributed by atoms with Crippen molar-refractivity contribution in [3.63, 3.8) is 0 Å². The van der Waals surface area contributed by atoms with Crippen molar-refractivity contribution in [3.8, 4) is 0 Å². The Bertz CT molecular complexity index is 1060. The number of hydrogen-bond donors (Lipinski definition) is 2. The van der Waals surface area contributed by atoms with Crippen molar-refractivity contribution in [2.75, 3.05) is 11.1 Å². The van der Waals surface area contributed by atoms with Gasteiger partial charge in [-0.3, -0.25) is 9.78 Å². The first-order valence-electron chi connectivity index (χ1n) is 7.08. The zero-order valence-electron chi connectivity index (χ0n) is 12.2. The van der Waals surface area contributed by atoms with Crippen LogP contribution in [0, 0.1) is 0 Å². The molecule has 8 heteroatoms. The minimum atomic E-state index is -0.528. The molecular weight excluding hydrogens is 330 g/mol. The van der Waals surface area contributed by atoms with Crippen LogP contribution in [0.4, 0.5) is 5.69 Å². The Morgan fingerprint density at radius 1 is 1.17 bits per heavy atom. The number of aromatic amines is 1. The zero-order valence-corrected chi connectivity index (χ0v) is 13.1. The lowest BCUT2D eigenvalue weighted by Crippen LogP contribution is -2.13. The van der Waals surface area contributed by atoms with Crippen LogP contribution < -0.4 is 11.1 Å². The van der Waals surface area contributed by atoms with Crippen LogP contribution in [0.15, 0.2) is 61.3 Å². The van der Waals surface area contributed by atoms with Gasteiger partial charge in [-0.15, -0.1) is 0 Å². The van der Waals surface area contributed by atoms with Gasteiger partial charge in [0.2, 0.25) is 5.91 Å². The number of oxazole rings is 2. The molecule has 120 valence electrons. The van der Waals surface area contributed by atoms with Crippen molar-refractivity contribution in [1.82, 2.24) is 9.97 Å². The van der Waals surface area contributed by atoms with Gasteiger partial charge in [0.25, 0.3) is 5.22 Å². The van der Waals surface area contributed by atoms with E-state index in [-0.39, 0.29) is 11.7 Å². The number of nitrogens with one attached hydrogen (secondary N) is 2. The third-order valence-corrected chi connectivity index (χ3v) is 4.13. The van der Waals surface area contributed by atoms with Gasteiger partial charge in [-0.1, -0.05) is 23.9 Å². The van der Waals surface area contributed by atoms with Gasteiger partial charge in [0.1, 0.15) is 5.52 Å². The van der Waals surface area contributed by atoms with Crippen LogP contribution in [0.2, 0.25) is 0 Å². The summed E-state index contributed by atoms with van der Waals surface area (Å²) >= 11 is 1.22. The van der Waals surface area contributed by atoms with Crippen molar-refractivity contribution in [3.05, 3.63) is 53.0 Å². The number of anilines is 1. The molecule has 2 heterocycles. The van der Waals surface area contributed by atoms with Gasteiger partial charge in [0, 0.05) is 5.69 Å². The average molecular weight is 341 g/mol. The molecule has 2 N–H and O–H groups in total. The molecule has 0 bridgehead atoms. The standard InChI is InChI=1S/C16H11N3O4S/c20-14(8-24-16-19-10-3-1-2-4-12(10)23-16)17-9-5-6-13-11(7-9)18-15(21)22-13/h1-7H,8H2,(H,17,20)(H,18,21). The van der Waals surface area contributed by atoms with E-state index in [0.29, 0.717) is 27.6 Å². The zero-order chi connectivity index (χ0) is 16.5. The number of benzene rings is 2. The van der Waals surface area contributed by atoms with E-state index >= 15 is 0 Å². The third kappa shape index (κ3) is 2.91. The van der Waals surface area contributed by atoms with E-state index in [9.17, 15) is 9.59 Å². The quantitative estimate of drug-likeness (QED) is 0.553. The van der Waals surface area contributed by atoms with Gasteiger partial charge in [-0.25, -0.2) is 9.78 Å². The number of hydrogen-bond acceptors (Lipinski definition) is 6. The first-order valence-corrected chi connectivity index (χ1v) is 8.07. The number of H-pyrrole nitrogens is 1. The summed E-state index contributed by atoms with van der Waals surface area (Å²) < 4.78 is 10.5. The summed E-state index contributed by atoms with van der Waals surface area (Å²) in [4.78, 5) is 30.0. The summed E-state index contributed by atoms with van der Waals surface area (Å²) in [6.07, 6.45) is 0. The molecule has 0 atom stereocenters. The number of aromatic nitrogens is 2. The number of amides is 1. The summed E-state index contributed by atoms with van der Waals surface area (Å²) in [5.41, 5.74) is 3.00. The molecule has 0 saturated heterocycles. The molecule has 4 rings (SSSR count). The molecule has 0 aliphatic heterocycles. The van der Waals surface area contributed by atoms with E-state index < -0.39 is 5.76 Å². The maximum absolute atomic E-state index is 12.0. The van der Waals surface area contributed by atoms with Crippen LogP contribution >= 0.6 is 11.8 Å². The Labute approximate surface area is 139 Å². The Balaban J connectivity index is 1.42. The molecule has 0 aliphatic rings. The van der Waals surface area contributed by atoms with Crippen molar-refractivity contribution in [1.29, 1.82) is 0 Å². The van der Waals surface area contributed by atoms with Crippen molar-refractivity contribution in [2.45, 2.75) is 5.22 Å². The average Bonchev–Trinajstić information content (AvgIpc) is 3.14. The first kappa shape index (κ1) is 14.6. The molecule has 2 aromatic heterocycles. The topological polar surface area (TPSA) is 101 Å². The molecule has 0 spiro atoms. The lowest BCUT2D eigenvalue weighted by molar-refractivity contribution is -0.113. The lowest BCUT2D eigenvalue weighted by Gasteiger charge is -2.03. The van der Waals surface area contributed by atoms with Gasteiger partial charge in [-0.05, 0) is 30.3 Å². The van der Waals surface area contributed by atoms with Crippen molar-refractivity contribution < 1.29 is 13.6 Å². The fourth-order valence-corrected chi connectivity index (χ4v) is 2.91. The maximum Gasteiger partial charge on any atom is 0.417 e. The minimum absolute atomic E-state index is 0.159. The fraction of sp³-hybridized carbons (Fsp3) is 0.0625. The van der Waals surface area contributed by atoms with E-state index in [1.165, 1.54) is 11.8 Å². The van der Waals surface area contributed by atoms with Gasteiger partial charge >= 0.3 is 5.76 Å². The molecule has 24 heavy (non-hydrogen) atoms. The highest BCUT2D eigenvalue weighted by Crippen LogP contribution is 2.23. The molecule has 1 amide bonds. The Morgan fingerprint density at radius 3 is 2.92 bits per heavy atom. The Morgan fingerprint density at radius 2 is 2.04 bits per heavy atom. The number of carbonyl (C=O) groups excluding carboxylic acids is 1. The normalized spacial score (nSPS) is 11.2. The highest BCUT2D eigenvalue weighted by atomic mass is 32.2. The monoisotopic (exact) mass is 341 g/mol. The molecule has 0 unspecified atom stereocenters. The molecular formula is C16H11N3O4S. The van der Waals surface area contributed by atoms with Crippen LogP contribution in [-0.4, -0.2) is 21.6 Å². The Kier molecular flexibility index (Phi) is 3.58. The summed E-state index contributed by atoms with van der Waals surface area (Å²) in [5.74, 6) is -0.570. The van der Waals surface area contributed by atoms with E-state index in [1.54, 1.807) is 18.2 Å². The smallest absolute Gasteiger partial charge is 0.417 e. The fourth-order valence-electron chi connectivity index (χ4n) is 2.27. The predicted molar refractivity (Wildman–Crippen MR) is 90.2 cm³/mol.